The molecule has 1 fully saturated rings. The third kappa shape index (κ3) is 4.41. The van der Waals surface area contributed by atoms with Crippen LogP contribution in [-0.2, 0) is 11.3 Å². The summed E-state index contributed by atoms with van der Waals surface area (Å²) in [6, 6.07) is 13.1. The third-order valence-electron chi connectivity index (χ3n) is 5.27. The van der Waals surface area contributed by atoms with Gasteiger partial charge in [-0.05, 0) is 42.8 Å². The molecule has 2 heterocycles. The number of fused-ring (bicyclic) bond motifs is 1. The fourth-order valence-electron chi connectivity index (χ4n) is 3.59. The van der Waals surface area contributed by atoms with Crippen molar-refractivity contribution in [2.45, 2.75) is 19.5 Å². The van der Waals surface area contributed by atoms with Crippen molar-refractivity contribution in [3.63, 3.8) is 0 Å². The predicted octanol–water partition coefficient (Wildman–Crippen LogP) is 3.21. The number of nitrogens with one attached hydrogen (secondary N) is 1. The lowest BCUT2D eigenvalue weighted by Gasteiger charge is -2.37. The number of amides is 1. The number of benzene rings is 2. The Bertz CT molecular complexity index is 853. The second kappa shape index (κ2) is 8.39. The van der Waals surface area contributed by atoms with Gasteiger partial charge in [0.25, 0.3) is 0 Å². The summed E-state index contributed by atoms with van der Waals surface area (Å²) in [7, 11) is 0. The molecule has 2 aromatic carbocycles. The molecular weight excluding hydrogens is 378 g/mol. The molecule has 1 atom stereocenters. The van der Waals surface area contributed by atoms with E-state index < -0.39 is 0 Å². The van der Waals surface area contributed by atoms with Gasteiger partial charge in [-0.2, -0.15) is 0 Å². The van der Waals surface area contributed by atoms with E-state index in [2.05, 4.69) is 27.2 Å². The average Bonchev–Trinajstić information content (AvgIpc) is 3.16. The van der Waals surface area contributed by atoms with E-state index in [-0.39, 0.29) is 11.9 Å². The monoisotopic (exact) mass is 401 g/mol. The number of carbonyl (C=O) groups excluding carboxylic acids is 1. The minimum atomic E-state index is -0.188. The van der Waals surface area contributed by atoms with Crippen LogP contribution in [-0.4, -0.2) is 54.7 Å². The molecule has 28 heavy (non-hydrogen) atoms. The first-order valence-corrected chi connectivity index (χ1v) is 9.87. The predicted molar refractivity (Wildman–Crippen MR) is 109 cm³/mol. The maximum absolute atomic E-state index is 12.6. The van der Waals surface area contributed by atoms with Crippen molar-refractivity contribution in [2.24, 2.45) is 0 Å². The van der Waals surface area contributed by atoms with E-state index in [0.29, 0.717) is 11.8 Å². The Kier molecular flexibility index (Phi) is 5.71. The molecule has 4 rings (SSSR count). The zero-order valence-electron chi connectivity index (χ0n) is 15.9. The standard InChI is InChI=1S/C21H24ClN3O3/c1-15(21(26)23-18-4-2-3-17(22)12-18)25-9-7-24(8-10-25)13-16-5-6-19-20(11-16)28-14-27-19/h2-6,11-12,15H,7-10,13-14H2,1H3,(H,23,26)/t15-/m1/s1. The molecule has 0 unspecified atom stereocenters. The Labute approximate surface area is 170 Å². The number of hydrogen-bond acceptors (Lipinski definition) is 5. The number of nitrogens with zero attached hydrogens (tertiary/aromatic N) is 2. The van der Waals surface area contributed by atoms with E-state index in [9.17, 15) is 4.79 Å². The van der Waals surface area contributed by atoms with Gasteiger partial charge in [0.1, 0.15) is 0 Å². The second-order valence-corrected chi connectivity index (χ2v) is 7.61. The number of ether oxygens (including phenoxy) is 2. The molecule has 0 aliphatic carbocycles. The number of anilines is 1. The molecule has 1 amide bonds. The minimum Gasteiger partial charge on any atom is -0.454 e. The fourth-order valence-corrected chi connectivity index (χ4v) is 3.78. The Morgan fingerprint density at radius 3 is 2.68 bits per heavy atom. The van der Waals surface area contributed by atoms with Crippen molar-refractivity contribution < 1.29 is 14.3 Å². The van der Waals surface area contributed by atoms with Gasteiger partial charge in [0.15, 0.2) is 11.5 Å². The molecule has 6 nitrogen and oxygen atoms in total. The van der Waals surface area contributed by atoms with Crippen molar-refractivity contribution >= 4 is 23.2 Å². The van der Waals surface area contributed by atoms with E-state index in [0.717, 1.165) is 49.9 Å². The van der Waals surface area contributed by atoms with Gasteiger partial charge in [-0.3, -0.25) is 14.6 Å². The van der Waals surface area contributed by atoms with E-state index >= 15 is 0 Å². The molecule has 1 N–H and O–H groups in total. The summed E-state index contributed by atoms with van der Waals surface area (Å²) in [5.41, 5.74) is 1.94. The summed E-state index contributed by atoms with van der Waals surface area (Å²) in [6.45, 7) is 6.67. The van der Waals surface area contributed by atoms with Gasteiger partial charge in [-0.25, -0.2) is 0 Å². The van der Waals surface area contributed by atoms with Crippen LogP contribution in [0.25, 0.3) is 0 Å². The summed E-state index contributed by atoms with van der Waals surface area (Å²) < 4.78 is 10.8. The summed E-state index contributed by atoms with van der Waals surface area (Å²) >= 11 is 5.99. The van der Waals surface area contributed by atoms with Gasteiger partial charge in [-0.15, -0.1) is 0 Å². The van der Waals surface area contributed by atoms with Gasteiger partial charge in [-0.1, -0.05) is 23.7 Å². The molecule has 0 radical (unpaired) electrons. The molecule has 0 bridgehead atoms. The minimum absolute atomic E-state index is 0.00788. The maximum atomic E-state index is 12.6. The van der Waals surface area contributed by atoms with Crippen LogP contribution in [0.1, 0.15) is 12.5 Å². The van der Waals surface area contributed by atoms with Crippen LogP contribution in [0, 0.1) is 0 Å². The van der Waals surface area contributed by atoms with Crippen LogP contribution in [0.4, 0.5) is 5.69 Å². The summed E-state index contributed by atoms with van der Waals surface area (Å²) in [5.74, 6) is 1.63. The van der Waals surface area contributed by atoms with Crippen LogP contribution in [0.2, 0.25) is 5.02 Å². The average molecular weight is 402 g/mol. The molecule has 2 aromatic rings. The number of piperazine rings is 1. The molecule has 1 saturated heterocycles. The van der Waals surface area contributed by atoms with E-state index in [1.54, 1.807) is 12.1 Å². The second-order valence-electron chi connectivity index (χ2n) is 7.18. The van der Waals surface area contributed by atoms with Crippen LogP contribution in [0.3, 0.4) is 0 Å². The molecule has 2 aliphatic heterocycles. The number of halogens is 1. The Hall–Kier alpha value is -2.28. The van der Waals surface area contributed by atoms with Gasteiger partial charge < -0.3 is 14.8 Å². The zero-order valence-corrected chi connectivity index (χ0v) is 16.6. The number of hydrogen-bond donors (Lipinski definition) is 1. The molecule has 0 aromatic heterocycles. The highest BCUT2D eigenvalue weighted by atomic mass is 35.5. The van der Waals surface area contributed by atoms with Gasteiger partial charge >= 0.3 is 0 Å². The van der Waals surface area contributed by atoms with Gasteiger partial charge in [0, 0.05) is 43.4 Å². The Morgan fingerprint density at radius 2 is 1.89 bits per heavy atom. The first kappa shape index (κ1) is 19.1. The normalized spacial score (nSPS) is 18.1. The molecule has 148 valence electrons. The van der Waals surface area contributed by atoms with Gasteiger partial charge in [0.2, 0.25) is 12.7 Å². The lowest BCUT2D eigenvalue weighted by molar-refractivity contribution is -0.121. The van der Waals surface area contributed by atoms with E-state index in [4.69, 9.17) is 21.1 Å². The smallest absolute Gasteiger partial charge is 0.241 e. The Balaban J connectivity index is 1.28. The highest BCUT2D eigenvalue weighted by molar-refractivity contribution is 6.30. The third-order valence-corrected chi connectivity index (χ3v) is 5.50. The van der Waals surface area contributed by atoms with E-state index in [1.807, 2.05) is 25.1 Å². The fraction of sp³-hybridized carbons (Fsp3) is 0.381. The highest BCUT2D eigenvalue weighted by Gasteiger charge is 2.26. The lowest BCUT2D eigenvalue weighted by atomic mass is 10.1. The largest absolute Gasteiger partial charge is 0.454 e. The summed E-state index contributed by atoms with van der Waals surface area (Å²) in [6.07, 6.45) is 0. The van der Waals surface area contributed by atoms with Gasteiger partial charge in [0.05, 0.1) is 6.04 Å². The van der Waals surface area contributed by atoms with Crippen LogP contribution in [0.15, 0.2) is 42.5 Å². The molecular formula is C21H24ClN3O3. The molecule has 2 aliphatic rings. The summed E-state index contributed by atoms with van der Waals surface area (Å²) in [5, 5.41) is 3.56. The van der Waals surface area contributed by atoms with E-state index in [1.165, 1.54) is 5.56 Å². The maximum Gasteiger partial charge on any atom is 0.241 e. The molecule has 7 heteroatoms. The van der Waals surface area contributed by atoms with Crippen molar-refractivity contribution in [3.8, 4) is 11.5 Å². The summed E-state index contributed by atoms with van der Waals surface area (Å²) in [4.78, 5) is 17.2. The number of carbonyl (C=O) groups is 1. The van der Waals surface area contributed by atoms with Crippen molar-refractivity contribution in [2.75, 3.05) is 38.3 Å². The highest BCUT2D eigenvalue weighted by Crippen LogP contribution is 2.32. The van der Waals surface area contributed by atoms with Crippen molar-refractivity contribution in [1.82, 2.24) is 9.80 Å². The van der Waals surface area contributed by atoms with Crippen LogP contribution < -0.4 is 14.8 Å². The SMILES string of the molecule is C[C@H](C(=O)Nc1cccc(Cl)c1)N1CCN(Cc2ccc3c(c2)OCO3)CC1. The van der Waals surface area contributed by atoms with Crippen LogP contribution in [0.5, 0.6) is 11.5 Å². The first-order chi connectivity index (χ1) is 13.6. The molecule has 0 saturated carbocycles. The zero-order chi connectivity index (χ0) is 19.5. The van der Waals surface area contributed by atoms with Crippen molar-refractivity contribution in [3.05, 3.63) is 53.1 Å². The van der Waals surface area contributed by atoms with Crippen LogP contribution >= 0.6 is 11.6 Å². The number of rotatable bonds is 5. The quantitative estimate of drug-likeness (QED) is 0.833. The van der Waals surface area contributed by atoms with Crippen molar-refractivity contribution in [1.29, 1.82) is 0 Å². The first-order valence-electron chi connectivity index (χ1n) is 9.50. The lowest BCUT2D eigenvalue weighted by Crippen LogP contribution is -2.52. The molecule has 0 spiro atoms. The Morgan fingerprint density at radius 1 is 1.11 bits per heavy atom. The topological polar surface area (TPSA) is 54.0 Å².